The molecule has 3 heteroatoms. The Morgan fingerprint density at radius 3 is 2.68 bits per heavy atom. The molecule has 0 saturated carbocycles. The molecule has 1 fully saturated rings. The van der Waals surface area contributed by atoms with Crippen LogP contribution >= 0.6 is 11.6 Å². The van der Waals surface area contributed by atoms with Gasteiger partial charge in [0.25, 0.3) is 0 Å². The van der Waals surface area contributed by atoms with Crippen LogP contribution in [0.2, 0.25) is 5.02 Å². The van der Waals surface area contributed by atoms with Crippen molar-refractivity contribution in [2.75, 3.05) is 7.11 Å². The zero-order chi connectivity index (χ0) is 17.2. The second-order valence-corrected chi connectivity index (χ2v) is 7.46. The number of piperidine rings is 1. The van der Waals surface area contributed by atoms with Crippen LogP contribution in [0.3, 0.4) is 0 Å². The van der Waals surface area contributed by atoms with Crippen molar-refractivity contribution in [3.05, 3.63) is 70.8 Å². The molecule has 2 nitrogen and oxygen atoms in total. The van der Waals surface area contributed by atoms with Crippen molar-refractivity contribution < 1.29 is 4.74 Å². The Hall–Kier alpha value is -1.77. The number of hydrogen-bond acceptors (Lipinski definition) is 2. The molecule has 25 heavy (non-hydrogen) atoms. The lowest BCUT2D eigenvalue weighted by Crippen LogP contribution is -2.47. The SMILES string of the molecule is COc1ccc(C2=CC3CCCC(C2)N3Cc2ccccc2)cc1Cl. The fourth-order valence-corrected chi connectivity index (χ4v) is 4.50. The molecule has 2 bridgehead atoms. The molecule has 2 aromatic rings. The van der Waals surface area contributed by atoms with E-state index in [2.05, 4.69) is 53.4 Å². The Labute approximate surface area is 155 Å². The van der Waals surface area contributed by atoms with Gasteiger partial charge in [-0.05, 0) is 48.1 Å². The molecule has 2 aromatic carbocycles. The van der Waals surface area contributed by atoms with Crippen LogP contribution in [0, 0.1) is 0 Å². The number of rotatable bonds is 4. The molecular formula is C22H24ClNO. The monoisotopic (exact) mass is 353 g/mol. The lowest BCUT2D eigenvalue weighted by atomic mass is 9.82. The van der Waals surface area contributed by atoms with Gasteiger partial charge in [-0.1, -0.05) is 60.5 Å². The normalized spacial score (nSPS) is 23.2. The summed E-state index contributed by atoms with van der Waals surface area (Å²) >= 11 is 6.34. The highest BCUT2D eigenvalue weighted by molar-refractivity contribution is 6.32. The standard InChI is InChI=1S/C22H24ClNO/c1-25-22-11-10-17(14-21(22)23)18-12-19-8-5-9-20(13-18)24(19)15-16-6-3-2-4-7-16/h2-4,6-7,10-12,14,19-20H,5,8-9,13,15H2,1H3. The molecule has 0 aromatic heterocycles. The minimum absolute atomic E-state index is 0.531. The first kappa shape index (κ1) is 16.7. The van der Waals surface area contributed by atoms with E-state index in [1.807, 2.05) is 6.07 Å². The van der Waals surface area contributed by atoms with Crippen LogP contribution in [0.25, 0.3) is 5.57 Å². The number of halogens is 1. The second kappa shape index (κ2) is 7.23. The maximum atomic E-state index is 6.34. The summed E-state index contributed by atoms with van der Waals surface area (Å²) in [5, 5.41) is 0.692. The molecule has 2 heterocycles. The summed E-state index contributed by atoms with van der Waals surface area (Å²) in [4.78, 5) is 2.69. The Morgan fingerprint density at radius 1 is 1.12 bits per heavy atom. The molecule has 0 radical (unpaired) electrons. The predicted octanol–water partition coefficient (Wildman–Crippen LogP) is 5.56. The van der Waals surface area contributed by atoms with Crippen molar-refractivity contribution in [3.63, 3.8) is 0 Å². The largest absolute Gasteiger partial charge is 0.495 e. The highest BCUT2D eigenvalue weighted by Crippen LogP contribution is 2.39. The van der Waals surface area contributed by atoms with E-state index in [0.29, 0.717) is 17.1 Å². The molecule has 2 aliphatic rings. The lowest BCUT2D eigenvalue weighted by Gasteiger charge is -2.45. The van der Waals surface area contributed by atoms with Gasteiger partial charge in [0.15, 0.2) is 0 Å². The van der Waals surface area contributed by atoms with Gasteiger partial charge in [0.05, 0.1) is 12.1 Å². The summed E-state index contributed by atoms with van der Waals surface area (Å²) in [6.45, 7) is 1.04. The fraction of sp³-hybridized carbons (Fsp3) is 0.364. The summed E-state index contributed by atoms with van der Waals surface area (Å²) in [7, 11) is 1.66. The highest BCUT2D eigenvalue weighted by Gasteiger charge is 2.34. The summed E-state index contributed by atoms with van der Waals surface area (Å²) in [6, 6.07) is 18.1. The lowest BCUT2D eigenvalue weighted by molar-refractivity contribution is 0.0951. The summed E-state index contributed by atoms with van der Waals surface area (Å²) < 4.78 is 5.29. The van der Waals surface area contributed by atoms with Crippen LogP contribution in [0.5, 0.6) is 5.75 Å². The molecule has 130 valence electrons. The van der Waals surface area contributed by atoms with E-state index < -0.39 is 0 Å². The number of fused-ring (bicyclic) bond motifs is 2. The number of methoxy groups -OCH3 is 1. The molecule has 2 atom stereocenters. The van der Waals surface area contributed by atoms with Crippen LogP contribution in [-0.4, -0.2) is 24.1 Å². The van der Waals surface area contributed by atoms with Crippen LogP contribution in [0.1, 0.15) is 36.8 Å². The Bertz CT molecular complexity index is 771. The maximum Gasteiger partial charge on any atom is 0.137 e. The van der Waals surface area contributed by atoms with Crippen molar-refractivity contribution >= 4 is 17.2 Å². The summed E-state index contributed by atoms with van der Waals surface area (Å²) in [5.74, 6) is 0.743. The third-order valence-electron chi connectivity index (χ3n) is 5.51. The highest BCUT2D eigenvalue weighted by atomic mass is 35.5. The minimum Gasteiger partial charge on any atom is -0.495 e. The van der Waals surface area contributed by atoms with Crippen molar-refractivity contribution in [2.45, 2.75) is 44.3 Å². The Morgan fingerprint density at radius 2 is 1.96 bits per heavy atom. The number of benzene rings is 2. The smallest absolute Gasteiger partial charge is 0.137 e. The van der Waals surface area contributed by atoms with Gasteiger partial charge in [-0.15, -0.1) is 0 Å². The first-order valence-corrected chi connectivity index (χ1v) is 9.46. The molecule has 0 aliphatic carbocycles. The average Bonchev–Trinajstić information content (AvgIpc) is 2.62. The predicted molar refractivity (Wildman–Crippen MR) is 104 cm³/mol. The van der Waals surface area contributed by atoms with E-state index in [1.54, 1.807) is 7.11 Å². The van der Waals surface area contributed by atoms with Gasteiger partial charge in [-0.2, -0.15) is 0 Å². The van der Waals surface area contributed by atoms with E-state index >= 15 is 0 Å². The molecular weight excluding hydrogens is 330 g/mol. The van der Waals surface area contributed by atoms with E-state index in [0.717, 1.165) is 18.7 Å². The topological polar surface area (TPSA) is 12.5 Å². The van der Waals surface area contributed by atoms with E-state index in [4.69, 9.17) is 16.3 Å². The van der Waals surface area contributed by atoms with Crippen molar-refractivity contribution in [3.8, 4) is 5.75 Å². The Balaban J connectivity index is 1.59. The first-order valence-electron chi connectivity index (χ1n) is 9.09. The zero-order valence-electron chi connectivity index (χ0n) is 14.6. The molecule has 2 aliphatic heterocycles. The van der Waals surface area contributed by atoms with Gasteiger partial charge in [0.1, 0.15) is 5.75 Å². The van der Waals surface area contributed by atoms with Gasteiger partial charge in [-0.25, -0.2) is 0 Å². The first-order chi connectivity index (χ1) is 12.2. The average molecular weight is 354 g/mol. The summed E-state index contributed by atoms with van der Waals surface area (Å²) in [5.41, 5.74) is 4.08. The van der Waals surface area contributed by atoms with E-state index in [9.17, 15) is 0 Å². The van der Waals surface area contributed by atoms with E-state index in [1.165, 1.54) is 36.0 Å². The second-order valence-electron chi connectivity index (χ2n) is 7.06. The number of nitrogens with zero attached hydrogens (tertiary/aromatic N) is 1. The number of hydrogen-bond donors (Lipinski definition) is 0. The molecule has 4 rings (SSSR count). The van der Waals surface area contributed by atoms with Crippen molar-refractivity contribution in [2.24, 2.45) is 0 Å². The quantitative estimate of drug-likeness (QED) is 0.713. The Kier molecular flexibility index (Phi) is 4.82. The van der Waals surface area contributed by atoms with Crippen LogP contribution in [0.15, 0.2) is 54.6 Å². The van der Waals surface area contributed by atoms with Gasteiger partial charge in [0.2, 0.25) is 0 Å². The number of ether oxygens (including phenoxy) is 1. The van der Waals surface area contributed by atoms with Crippen LogP contribution in [0.4, 0.5) is 0 Å². The summed E-state index contributed by atoms with van der Waals surface area (Å²) in [6.07, 6.45) is 7.43. The zero-order valence-corrected chi connectivity index (χ0v) is 15.4. The van der Waals surface area contributed by atoms with Crippen LogP contribution < -0.4 is 4.74 Å². The van der Waals surface area contributed by atoms with Gasteiger partial charge in [-0.3, -0.25) is 4.90 Å². The molecule has 0 N–H and O–H groups in total. The van der Waals surface area contributed by atoms with Gasteiger partial charge < -0.3 is 4.74 Å². The molecule has 1 saturated heterocycles. The molecule has 0 spiro atoms. The third-order valence-corrected chi connectivity index (χ3v) is 5.81. The van der Waals surface area contributed by atoms with Crippen molar-refractivity contribution in [1.82, 2.24) is 4.90 Å². The molecule has 2 unspecified atom stereocenters. The van der Waals surface area contributed by atoms with Gasteiger partial charge in [0, 0.05) is 18.6 Å². The van der Waals surface area contributed by atoms with Crippen molar-refractivity contribution in [1.29, 1.82) is 0 Å². The van der Waals surface area contributed by atoms with Crippen LogP contribution in [-0.2, 0) is 6.54 Å². The van der Waals surface area contributed by atoms with Gasteiger partial charge >= 0.3 is 0 Å². The minimum atomic E-state index is 0.531. The fourth-order valence-electron chi connectivity index (χ4n) is 4.24. The van der Waals surface area contributed by atoms with E-state index in [-0.39, 0.29) is 0 Å². The molecule has 0 amide bonds. The third kappa shape index (κ3) is 3.47. The maximum absolute atomic E-state index is 6.34.